The monoisotopic (exact) mass is 317 g/mol. The van der Waals surface area contributed by atoms with Crippen LogP contribution in [0.25, 0.3) is 5.65 Å². The number of fused-ring (bicyclic) bond motifs is 2. The van der Waals surface area contributed by atoms with Crippen molar-refractivity contribution >= 4 is 17.6 Å². The fourth-order valence-electron chi connectivity index (χ4n) is 3.30. The predicted molar refractivity (Wildman–Crippen MR) is 80.8 cm³/mol. The van der Waals surface area contributed by atoms with Crippen molar-refractivity contribution in [1.29, 1.82) is 0 Å². The lowest BCUT2D eigenvalue weighted by atomic mass is 9.80. The molecule has 2 aliphatic heterocycles. The number of rotatable bonds is 2. The van der Waals surface area contributed by atoms with E-state index in [1.807, 2.05) is 25.7 Å². The Balaban J connectivity index is 1.49. The zero-order valence-corrected chi connectivity index (χ0v) is 13.3. The van der Waals surface area contributed by atoms with Crippen LogP contribution < -0.4 is 5.32 Å². The fraction of sp³-hybridized carbons (Fsp3) is 0.643. The summed E-state index contributed by atoms with van der Waals surface area (Å²) in [5.41, 5.74) is 0.107. The predicted octanol–water partition coefficient (Wildman–Crippen LogP) is 0.939. The minimum atomic E-state index is -0.479. The number of hydrogen-bond acceptors (Lipinski definition) is 7. The van der Waals surface area contributed by atoms with Crippen LogP contribution in [0.3, 0.4) is 0 Å². The van der Waals surface area contributed by atoms with Gasteiger partial charge in [0.2, 0.25) is 5.65 Å². The summed E-state index contributed by atoms with van der Waals surface area (Å²) >= 11 is 0. The minimum Gasteiger partial charge on any atom is -0.444 e. The molecule has 5 rings (SSSR count). The van der Waals surface area contributed by atoms with Gasteiger partial charge in [-0.2, -0.15) is 4.52 Å². The molecule has 0 radical (unpaired) electrons. The smallest absolute Gasteiger partial charge is 0.410 e. The molecular weight excluding hydrogens is 298 g/mol. The number of nitrogens with zero attached hydrogens (tertiary/aromatic N) is 6. The van der Waals surface area contributed by atoms with E-state index in [1.54, 1.807) is 16.9 Å². The van der Waals surface area contributed by atoms with Crippen LogP contribution >= 0.6 is 0 Å². The van der Waals surface area contributed by atoms with Gasteiger partial charge in [0.1, 0.15) is 5.60 Å². The van der Waals surface area contributed by atoms with Gasteiger partial charge in [-0.05, 0) is 37.6 Å². The Morgan fingerprint density at radius 3 is 3.04 bits per heavy atom. The summed E-state index contributed by atoms with van der Waals surface area (Å²) in [7, 11) is 0. The molecule has 9 heteroatoms. The summed E-state index contributed by atoms with van der Waals surface area (Å²) in [6.07, 6.45) is 4.09. The summed E-state index contributed by atoms with van der Waals surface area (Å²) in [5.74, 6) is 1.05. The molecule has 1 saturated carbocycles. The molecule has 0 spiro atoms. The number of nitrogens with one attached hydrogen (secondary N) is 1. The van der Waals surface area contributed by atoms with E-state index in [1.165, 1.54) is 0 Å². The first-order valence-electron chi connectivity index (χ1n) is 7.71. The maximum absolute atomic E-state index is 12.3. The summed E-state index contributed by atoms with van der Waals surface area (Å²) in [6.45, 7) is 6.35. The average molecular weight is 317 g/mol. The highest BCUT2D eigenvalue weighted by atomic mass is 16.6. The molecule has 4 heterocycles. The second-order valence-corrected chi connectivity index (χ2v) is 7.09. The van der Waals surface area contributed by atoms with Crippen LogP contribution in [0.5, 0.6) is 0 Å². The van der Waals surface area contributed by atoms with Gasteiger partial charge >= 0.3 is 6.09 Å². The van der Waals surface area contributed by atoms with Crippen LogP contribution in [0, 0.1) is 5.92 Å². The van der Waals surface area contributed by atoms with Gasteiger partial charge in [0.15, 0.2) is 5.82 Å². The number of hydrogen-bond donors (Lipinski definition) is 1. The summed E-state index contributed by atoms with van der Waals surface area (Å²) < 4.78 is 7.05. The van der Waals surface area contributed by atoms with Crippen molar-refractivity contribution in [2.24, 2.45) is 5.92 Å². The molecule has 2 bridgehead atoms. The Kier molecular flexibility index (Phi) is 2.94. The van der Waals surface area contributed by atoms with Gasteiger partial charge in [-0.15, -0.1) is 5.10 Å². The first-order chi connectivity index (χ1) is 10.9. The lowest BCUT2D eigenvalue weighted by Crippen LogP contribution is -2.50. The molecule has 9 nitrogen and oxygen atoms in total. The highest BCUT2D eigenvalue weighted by molar-refractivity contribution is 5.71. The maximum Gasteiger partial charge on any atom is 0.410 e. The van der Waals surface area contributed by atoms with Gasteiger partial charge in [0, 0.05) is 18.7 Å². The van der Waals surface area contributed by atoms with Crippen molar-refractivity contribution in [3.05, 3.63) is 12.4 Å². The number of aromatic nitrogens is 5. The molecule has 0 aromatic carbocycles. The van der Waals surface area contributed by atoms with Gasteiger partial charge in [-0.3, -0.25) is 0 Å². The van der Waals surface area contributed by atoms with E-state index in [2.05, 4.69) is 25.8 Å². The molecule has 2 saturated heterocycles. The number of amides is 1. The van der Waals surface area contributed by atoms with E-state index in [9.17, 15) is 4.79 Å². The Morgan fingerprint density at radius 2 is 2.26 bits per heavy atom. The second kappa shape index (κ2) is 4.77. The molecule has 3 fully saturated rings. The van der Waals surface area contributed by atoms with Gasteiger partial charge in [0.25, 0.3) is 0 Å². The molecule has 2 aromatic rings. The normalized spacial score (nSPS) is 26.2. The summed E-state index contributed by atoms with van der Waals surface area (Å²) in [5, 5.41) is 14.9. The van der Waals surface area contributed by atoms with Crippen LogP contribution in [0.1, 0.15) is 27.2 Å². The maximum atomic E-state index is 12.3. The molecule has 2 aromatic heterocycles. The topological polar surface area (TPSA) is 97.5 Å². The molecule has 3 aliphatic rings. The van der Waals surface area contributed by atoms with Crippen LogP contribution in [0.2, 0.25) is 0 Å². The first-order valence-corrected chi connectivity index (χ1v) is 7.71. The molecule has 0 unspecified atom stereocenters. The van der Waals surface area contributed by atoms with E-state index in [-0.39, 0.29) is 18.2 Å². The number of anilines is 1. The third-order valence-corrected chi connectivity index (χ3v) is 4.35. The molecule has 23 heavy (non-hydrogen) atoms. The van der Waals surface area contributed by atoms with E-state index in [4.69, 9.17) is 4.74 Å². The van der Waals surface area contributed by atoms with E-state index >= 15 is 0 Å². The van der Waals surface area contributed by atoms with E-state index in [0.29, 0.717) is 23.9 Å². The quantitative estimate of drug-likeness (QED) is 0.880. The zero-order valence-electron chi connectivity index (χ0n) is 13.3. The molecule has 3 atom stereocenters. The van der Waals surface area contributed by atoms with Crippen molar-refractivity contribution in [2.75, 3.05) is 11.9 Å². The Labute approximate surface area is 133 Å². The Morgan fingerprint density at radius 1 is 1.43 bits per heavy atom. The largest absolute Gasteiger partial charge is 0.444 e. The standard InChI is InChI=1S/C14H19N7O2/c1-14(2,3)23-13(22)20-7-8-6-9(20)10(8)16-11-12-17-18-19-21(12)5-4-15-11/h4-5,8-10H,6-7H2,1-3H3,(H,15,16)/t8-,9+,10+/m1/s1. The lowest BCUT2D eigenvalue weighted by Gasteiger charge is -2.37. The van der Waals surface area contributed by atoms with Gasteiger partial charge in [-0.25, -0.2) is 9.78 Å². The summed E-state index contributed by atoms with van der Waals surface area (Å²) in [4.78, 5) is 18.4. The summed E-state index contributed by atoms with van der Waals surface area (Å²) in [6, 6.07) is 0.297. The molecule has 122 valence electrons. The number of ether oxygens (including phenoxy) is 1. The van der Waals surface area contributed by atoms with Crippen molar-refractivity contribution in [3.63, 3.8) is 0 Å². The lowest BCUT2D eigenvalue weighted by molar-refractivity contribution is 0.0239. The minimum absolute atomic E-state index is 0.132. The van der Waals surface area contributed by atoms with Crippen molar-refractivity contribution in [3.8, 4) is 0 Å². The fourth-order valence-corrected chi connectivity index (χ4v) is 3.30. The van der Waals surface area contributed by atoms with Crippen LogP contribution in [-0.2, 0) is 4.74 Å². The van der Waals surface area contributed by atoms with Crippen molar-refractivity contribution in [1.82, 2.24) is 29.9 Å². The molecular formula is C14H19N7O2. The highest BCUT2D eigenvalue weighted by Gasteiger charge is 2.55. The SMILES string of the molecule is CC(C)(C)OC(=O)N1C[C@H]2C[C@H]1[C@H]2Nc1nccn2nnnc12. The van der Waals surface area contributed by atoms with Gasteiger partial charge < -0.3 is 15.0 Å². The Hall–Kier alpha value is -2.45. The molecule has 1 aliphatic carbocycles. The molecule has 1 N–H and O–H groups in total. The third kappa shape index (κ3) is 2.36. The van der Waals surface area contributed by atoms with Crippen LogP contribution in [0.4, 0.5) is 10.6 Å². The first kappa shape index (κ1) is 14.2. The highest BCUT2D eigenvalue weighted by Crippen LogP contribution is 2.43. The van der Waals surface area contributed by atoms with Crippen molar-refractivity contribution in [2.45, 2.75) is 44.9 Å². The van der Waals surface area contributed by atoms with Gasteiger partial charge in [-0.1, -0.05) is 0 Å². The number of carbonyl (C=O) groups is 1. The zero-order chi connectivity index (χ0) is 16.2. The van der Waals surface area contributed by atoms with E-state index in [0.717, 1.165) is 6.42 Å². The molecule has 1 amide bonds. The Bertz CT molecular complexity index is 753. The van der Waals surface area contributed by atoms with E-state index < -0.39 is 5.60 Å². The van der Waals surface area contributed by atoms with Crippen molar-refractivity contribution < 1.29 is 9.53 Å². The number of carbonyl (C=O) groups excluding carboxylic acids is 1. The van der Waals surface area contributed by atoms with Crippen LogP contribution in [-0.4, -0.2) is 60.2 Å². The average Bonchev–Trinajstić information content (AvgIpc) is 3.15. The second-order valence-electron chi connectivity index (χ2n) is 7.09. The number of tetrazole rings is 1. The van der Waals surface area contributed by atoms with Crippen LogP contribution in [0.15, 0.2) is 12.4 Å². The third-order valence-electron chi connectivity index (χ3n) is 4.35. The van der Waals surface area contributed by atoms with Gasteiger partial charge in [0.05, 0.1) is 18.3 Å².